The van der Waals surface area contributed by atoms with Crippen molar-refractivity contribution >= 4 is 22.0 Å². The Bertz CT molecular complexity index is 767. The van der Waals surface area contributed by atoms with Gasteiger partial charge in [0.25, 0.3) is 0 Å². The highest BCUT2D eigenvalue weighted by atomic mass is 32.2. The third kappa shape index (κ3) is 2.91. The zero-order valence-corrected chi connectivity index (χ0v) is 14.6. The average Bonchev–Trinajstić information content (AvgIpc) is 2.86. The molecule has 3 rings (SSSR count). The van der Waals surface area contributed by atoms with Gasteiger partial charge in [-0.1, -0.05) is 17.7 Å². The summed E-state index contributed by atoms with van der Waals surface area (Å²) in [5.74, 6) is -0.240. The van der Waals surface area contributed by atoms with Crippen molar-refractivity contribution in [2.24, 2.45) is 0 Å². The second kappa shape index (κ2) is 6.18. The first kappa shape index (κ1) is 16.9. The Morgan fingerprint density at radius 3 is 2.33 bits per heavy atom. The topological polar surface area (TPSA) is 86.8 Å². The monoisotopic (exact) mass is 351 g/mol. The van der Waals surface area contributed by atoms with Crippen LogP contribution in [-0.2, 0) is 14.8 Å². The maximum Gasteiger partial charge on any atom is 0.324 e. The fourth-order valence-corrected chi connectivity index (χ4v) is 5.05. The van der Waals surface area contributed by atoms with Crippen LogP contribution in [0.25, 0.3) is 0 Å². The van der Waals surface area contributed by atoms with Crippen LogP contribution in [0.1, 0.15) is 24.0 Å². The maximum atomic E-state index is 12.8. The number of hydrogen-bond donors (Lipinski definition) is 1. The number of aryl methyl sites for hydroxylation is 2. The van der Waals surface area contributed by atoms with Crippen LogP contribution < -0.4 is 5.32 Å². The molecule has 24 heavy (non-hydrogen) atoms. The van der Waals surface area contributed by atoms with Gasteiger partial charge in [-0.25, -0.2) is 13.2 Å². The number of imide groups is 1. The molecule has 0 aromatic heterocycles. The Kier molecular flexibility index (Phi) is 4.35. The summed E-state index contributed by atoms with van der Waals surface area (Å²) < 4.78 is 27.1. The molecule has 0 unspecified atom stereocenters. The van der Waals surface area contributed by atoms with Crippen LogP contribution in [0.3, 0.4) is 0 Å². The van der Waals surface area contributed by atoms with E-state index in [1.54, 1.807) is 19.1 Å². The molecule has 2 aliphatic heterocycles. The standard InChI is InChI=1S/C16H21N3O4S/c1-11-3-4-14(12(2)9-11)24(22,23)18-7-5-13(6-8-18)19-15(20)10-17-16(19)21/h3-4,9,13H,5-8,10H2,1-2H3,(H,17,21). The lowest BCUT2D eigenvalue weighted by Gasteiger charge is -2.34. The first-order valence-corrected chi connectivity index (χ1v) is 9.42. The molecule has 2 aliphatic rings. The number of rotatable bonds is 3. The first-order chi connectivity index (χ1) is 11.3. The molecule has 2 fully saturated rings. The molecule has 2 heterocycles. The van der Waals surface area contributed by atoms with E-state index in [0.717, 1.165) is 11.1 Å². The molecule has 1 aromatic rings. The summed E-state index contributed by atoms with van der Waals surface area (Å²) in [5, 5.41) is 2.50. The summed E-state index contributed by atoms with van der Waals surface area (Å²) in [6.07, 6.45) is 0.923. The van der Waals surface area contributed by atoms with Gasteiger partial charge in [-0.15, -0.1) is 0 Å². The van der Waals surface area contributed by atoms with Crippen molar-refractivity contribution in [3.8, 4) is 0 Å². The smallest absolute Gasteiger partial charge is 0.324 e. The fraction of sp³-hybridized carbons (Fsp3) is 0.500. The molecule has 0 aliphatic carbocycles. The number of hydrogen-bond acceptors (Lipinski definition) is 4. The van der Waals surface area contributed by atoms with E-state index in [2.05, 4.69) is 5.32 Å². The predicted molar refractivity (Wildman–Crippen MR) is 87.9 cm³/mol. The van der Waals surface area contributed by atoms with Gasteiger partial charge in [0.05, 0.1) is 11.4 Å². The highest BCUT2D eigenvalue weighted by molar-refractivity contribution is 7.89. The number of carbonyl (C=O) groups is 2. The molecule has 8 heteroatoms. The summed E-state index contributed by atoms with van der Waals surface area (Å²) >= 11 is 0. The summed E-state index contributed by atoms with van der Waals surface area (Å²) in [4.78, 5) is 25.1. The summed E-state index contributed by atoms with van der Waals surface area (Å²) in [7, 11) is -3.55. The lowest BCUT2D eigenvalue weighted by molar-refractivity contribution is -0.127. The highest BCUT2D eigenvalue weighted by Gasteiger charge is 2.39. The zero-order chi connectivity index (χ0) is 17.5. The van der Waals surface area contributed by atoms with Gasteiger partial charge in [0.15, 0.2) is 0 Å². The number of urea groups is 1. The average molecular weight is 351 g/mol. The summed E-state index contributed by atoms with van der Waals surface area (Å²) in [6.45, 7) is 4.35. The number of nitrogens with zero attached hydrogens (tertiary/aromatic N) is 2. The van der Waals surface area contributed by atoms with Gasteiger partial charge in [-0.3, -0.25) is 9.69 Å². The molecule has 2 saturated heterocycles. The van der Waals surface area contributed by atoms with Crippen LogP contribution in [0.4, 0.5) is 4.79 Å². The van der Waals surface area contributed by atoms with Crippen LogP contribution >= 0.6 is 0 Å². The quantitative estimate of drug-likeness (QED) is 0.824. The van der Waals surface area contributed by atoms with Gasteiger partial charge >= 0.3 is 6.03 Å². The van der Waals surface area contributed by atoms with E-state index in [0.29, 0.717) is 30.8 Å². The molecule has 0 saturated carbocycles. The number of sulfonamides is 1. The van der Waals surface area contributed by atoms with Gasteiger partial charge in [-0.2, -0.15) is 4.31 Å². The van der Waals surface area contributed by atoms with E-state index in [9.17, 15) is 18.0 Å². The van der Waals surface area contributed by atoms with Gasteiger partial charge in [-0.05, 0) is 38.3 Å². The van der Waals surface area contributed by atoms with Crippen LogP contribution in [0, 0.1) is 13.8 Å². The highest BCUT2D eigenvalue weighted by Crippen LogP contribution is 2.26. The van der Waals surface area contributed by atoms with Crippen LogP contribution in [0.15, 0.2) is 23.1 Å². The van der Waals surface area contributed by atoms with E-state index >= 15 is 0 Å². The number of piperidine rings is 1. The Balaban J connectivity index is 1.74. The first-order valence-electron chi connectivity index (χ1n) is 7.98. The third-order valence-electron chi connectivity index (χ3n) is 4.62. The van der Waals surface area contributed by atoms with E-state index in [-0.39, 0.29) is 24.5 Å². The molecule has 0 spiro atoms. The molecular weight excluding hydrogens is 330 g/mol. The van der Waals surface area contributed by atoms with Crippen molar-refractivity contribution in [1.29, 1.82) is 0 Å². The second-order valence-corrected chi connectivity index (χ2v) is 8.23. The Labute approximate surface area is 141 Å². The second-order valence-electron chi connectivity index (χ2n) is 6.33. The number of nitrogens with one attached hydrogen (secondary N) is 1. The number of carbonyl (C=O) groups excluding carboxylic acids is 2. The SMILES string of the molecule is Cc1ccc(S(=O)(=O)N2CCC(N3C(=O)CNC3=O)CC2)c(C)c1. The fourth-order valence-electron chi connectivity index (χ4n) is 3.37. The molecular formula is C16H21N3O4S. The third-order valence-corrected chi connectivity index (χ3v) is 6.67. The molecule has 3 amide bonds. The van der Waals surface area contributed by atoms with Crippen molar-refractivity contribution in [3.05, 3.63) is 29.3 Å². The molecule has 0 atom stereocenters. The lowest BCUT2D eigenvalue weighted by atomic mass is 10.1. The minimum absolute atomic E-state index is 0.0277. The summed E-state index contributed by atoms with van der Waals surface area (Å²) in [6, 6.07) is 4.68. The van der Waals surface area contributed by atoms with Gasteiger partial charge in [0.1, 0.15) is 0 Å². The van der Waals surface area contributed by atoms with Crippen molar-refractivity contribution in [2.75, 3.05) is 19.6 Å². The van der Waals surface area contributed by atoms with Crippen molar-refractivity contribution < 1.29 is 18.0 Å². The van der Waals surface area contributed by atoms with E-state index in [4.69, 9.17) is 0 Å². The van der Waals surface area contributed by atoms with E-state index < -0.39 is 10.0 Å². The molecule has 1 N–H and O–H groups in total. The molecule has 0 radical (unpaired) electrons. The predicted octanol–water partition coefficient (Wildman–Crippen LogP) is 1.01. The van der Waals surface area contributed by atoms with Crippen molar-refractivity contribution in [3.63, 3.8) is 0 Å². The normalized spacial score (nSPS) is 20.5. The van der Waals surface area contributed by atoms with E-state index in [1.807, 2.05) is 13.0 Å². The molecule has 1 aromatic carbocycles. The van der Waals surface area contributed by atoms with Crippen LogP contribution in [0.5, 0.6) is 0 Å². The largest absolute Gasteiger partial charge is 0.329 e. The minimum atomic E-state index is -3.55. The Hall–Kier alpha value is -1.93. The molecule has 130 valence electrons. The zero-order valence-electron chi connectivity index (χ0n) is 13.8. The maximum absolute atomic E-state index is 12.8. The van der Waals surface area contributed by atoms with Gasteiger partial charge in [0, 0.05) is 19.1 Å². The summed E-state index contributed by atoms with van der Waals surface area (Å²) in [5.41, 5.74) is 1.75. The molecule has 0 bridgehead atoms. The van der Waals surface area contributed by atoms with Crippen molar-refractivity contribution in [2.45, 2.75) is 37.6 Å². The Morgan fingerprint density at radius 1 is 1.12 bits per heavy atom. The number of benzene rings is 1. The van der Waals surface area contributed by atoms with Crippen LogP contribution in [0.2, 0.25) is 0 Å². The lowest BCUT2D eigenvalue weighted by Crippen LogP contribution is -2.49. The van der Waals surface area contributed by atoms with Gasteiger partial charge < -0.3 is 5.32 Å². The number of amides is 3. The van der Waals surface area contributed by atoms with Crippen molar-refractivity contribution in [1.82, 2.24) is 14.5 Å². The molecule has 7 nitrogen and oxygen atoms in total. The van der Waals surface area contributed by atoms with E-state index in [1.165, 1.54) is 9.21 Å². The van der Waals surface area contributed by atoms with Crippen LogP contribution in [-0.4, -0.2) is 55.2 Å². The van der Waals surface area contributed by atoms with Gasteiger partial charge in [0.2, 0.25) is 15.9 Å². The minimum Gasteiger partial charge on any atom is -0.329 e. The Morgan fingerprint density at radius 2 is 1.79 bits per heavy atom.